The Morgan fingerprint density at radius 2 is 1.90 bits per heavy atom. The number of para-hydroxylation sites is 1. The Bertz CT molecular complexity index is 893. The maximum absolute atomic E-state index is 13.7. The molecule has 0 bridgehead atoms. The van der Waals surface area contributed by atoms with Crippen molar-refractivity contribution in [3.63, 3.8) is 0 Å². The number of amides is 1. The second-order valence-corrected chi connectivity index (χ2v) is 8.01. The van der Waals surface area contributed by atoms with Crippen LogP contribution < -0.4 is 4.74 Å². The van der Waals surface area contributed by atoms with Crippen LogP contribution in [0, 0.1) is 17.6 Å². The van der Waals surface area contributed by atoms with Gasteiger partial charge in [0, 0.05) is 52.7 Å². The lowest BCUT2D eigenvalue weighted by molar-refractivity contribution is -0.130. The first-order valence-corrected chi connectivity index (χ1v) is 10.5. The monoisotopic (exact) mass is 432 g/mol. The second kappa shape index (κ2) is 10.7. The number of hydrogen-bond acceptors (Lipinski definition) is 4. The number of likely N-dealkylation sites (tertiary alicyclic amines) is 1. The topological polar surface area (TPSA) is 42.0 Å². The number of carbonyl (C=O) groups is 1. The van der Waals surface area contributed by atoms with E-state index >= 15 is 0 Å². The highest BCUT2D eigenvalue weighted by Gasteiger charge is 2.36. The van der Waals surface area contributed by atoms with Crippen LogP contribution in [-0.2, 0) is 16.1 Å². The summed E-state index contributed by atoms with van der Waals surface area (Å²) in [6.45, 7) is 5.15. The van der Waals surface area contributed by atoms with E-state index in [1.807, 2.05) is 23.1 Å². The van der Waals surface area contributed by atoms with Crippen molar-refractivity contribution in [2.75, 3.05) is 47.0 Å². The van der Waals surface area contributed by atoms with Crippen molar-refractivity contribution in [1.82, 2.24) is 9.80 Å². The summed E-state index contributed by atoms with van der Waals surface area (Å²) >= 11 is 0. The highest BCUT2D eigenvalue weighted by molar-refractivity contribution is 5.73. The molecule has 7 heteroatoms. The largest absolute Gasteiger partial charge is 0.496 e. The van der Waals surface area contributed by atoms with Gasteiger partial charge in [-0.1, -0.05) is 24.3 Å². The number of ether oxygens (including phenoxy) is 2. The maximum Gasteiger partial charge on any atom is 0.219 e. The van der Waals surface area contributed by atoms with Crippen LogP contribution in [-0.4, -0.2) is 62.7 Å². The molecule has 0 spiro atoms. The zero-order valence-corrected chi connectivity index (χ0v) is 18.3. The maximum atomic E-state index is 13.7. The Hall–Kier alpha value is -2.51. The fourth-order valence-corrected chi connectivity index (χ4v) is 4.36. The standard InChI is InChI=1S/C24H30F2N2O3/c1-17(29)28(10-11-30-2)15-19-14-27(13-18-8-9-22(25)23(26)12-18)16-21(19)20-6-4-5-7-24(20)31-3/h4-9,12,19,21H,10-11,13-16H2,1-3H3. The molecule has 0 radical (unpaired) electrons. The molecule has 1 fully saturated rings. The van der Waals surface area contributed by atoms with Crippen molar-refractivity contribution in [2.45, 2.75) is 19.4 Å². The molecule has 5 nitrogen and oxygen atoms in total. The number of carbonyl (C=O) groups excluding carboxylic acids is 1. The summed E-state index contributed by atoms with van der Waals surface area (Å²) in [5.74, 6) is -0.538. The molecule has 1 aliphatic rings. The lowest BCUT2D eigenvalue weighted by Gasteiger charge is -2.28. The third kappa shape index (κ3) is 5.80. The number of nitrogens with zero attached hydrogens (tertiary/aromatic N) is 2. The van der Waals surface area contributed by atoms with Gasteiger partial charge in [0.2, 0.25) is 5.91 Å². The van der Waals surface area contributed by atoms with E-state index in [0.29, 0.717) is 26.2 Å². The summed E-state index contributed by atoms with van der Waals surface area (Å²) in [5.41, 5.74) is 1.82. The fourth-order valence-electron chi connectivity index (χ4n) is 4.36. The van der Waals surface area contributed by atoms with Crippen LogP contribution in [0.1, 0.15) is 24.0 Å². The van der Waals surface area contributed by atoms with Gasteiger partial charge >= 0.3 is 0 Å². The molecule has 1 saturated heterocycles. The molecule has 0 saturated carbocycles. The normalized spacial score (nSPS) is 18.9. The fraction of sp³-hybridized carbons (Fsp3) is 0.458. The zero-order chi connectivity index (χ0) is 22.4. The van der Waals surface area contributed by atoms with E-state index in [4.69, 9.17) is 9.47 Å². The quantitative estimate of drug-likeness (QED) is 0.606. The number of halogens is 2. The Morgan fingerprint density at radius 1 is 1.13 bits per heavy atom. The van der Waals surface area contributed by atoms with Crippen LogP contribution in [0.5, 0.6) is 5.75 Å². The number of rotatable bonds is 9. The predicted molar refractivity (Wildman–Crippen MR) is 115 cm³/mol. The highest BCUT2D eigenvalue weighted by Crippen LogP contribution is 2.38. The minimum absolute atomic E-state index is 0.00915. The van der Waals surface area contributed by atoms with E-state index in [1.54, 1.807) is 27.2 Å². The van der Waals surface area contributed by atoms with Crippen molar-refractivity contribution in [3.05, 3.63) is 65.2 Å². The zero-order valence-electron chi connectivity index (χ0n) is 18.3. The average molecular weight is 433 g/mol. The summed E-state index contributed by atoms with van der Waals surface area (Å²) in [5, 5.41) is 0. The Kier molecular flexibility index (Phi) is 7.98. The van der Waals surface area contributed by atoms with Crippen molar-refractivity contribution in [1.29, 1.82) is 0 Å². The number of methoxy groups -OCH3 is 2. The molecule has 168 valence electrons. The molecule has 2 aromatic rings. The Balaban J connectivity index is 1.83. The van der Waals surface area contributed by atoms with Crippen LogP contribution in [0.3, 0.4) is 0 Å². The van der Waals surface area contributed by atoms with E-state index in [2.05, 4.69) is 11.0 Å². The Labute approximate surface area is 182 Å². The number of hydrogen-bond donors (Lipinski definition) is 0. The van der Waals surface area contributed by atoms with Gasteiger partial charge in [-0.05, 0) is 35.2 Å². The van der Waals surface area contributed by atoms with Gasteiger partial charge in [-0.2, -0.15) is 0 Å². The summed E-state index contributed by atoms with van der Waals surface area (Å²) < 4.78 is 37.8. The molecule has 0 N–H and O–H groups in total. The van der Waals surface area contributed by atoms with Crippen LogP contribution in [0.2, 0.25) is 0 Å². The summed E-state index contributed by atoms with van der Waals surface area (Å²) in [6, 6.07) is 12.0. The molecule has 3 rings (SSSR count). The van der Waals surface area contributed by atoms with Gasteiger partial charge in [0.15, 0.2) is 11.6 Å². The van der Waals surface area contributed by atoms with Gasteiger partial charge in [0.1, 0.15) is 5.75 Å². The molecular weight excluding hydrogens is 402 g/mol. The molecule has 1 heterocycles. The third-order valence-corrected chi connectivity index (χ3v) is 5.91. The van der Waals surface area contributed by atoms with Crippen LogP contribution in [0.15, 0.2) is 42.5 Å². The number of benzene rings is 2. The van der Waals surface area contributed by atoms with Crippen molar-refractivity contribution < 1.29 is 23.0 Å². The first-order valence-electron chi connectivity index (χ1n) is 10.5. The van der Waals surface area contributed by atoms with Crippen molar-refractivity contribution in [3.8, 4) is 5.75 Å². The first-order chi connectivity index (χ1) is 14.9. The van der Waals surface area contributed by atoms with Gasteiger partial charge in [-0.25, -0.2) is 8.78 Å². The molecule has 1 aliphatic heterocycles. The van der Waals surface area contributed by atoms with Crippen LogP contribution in [0.25, 0.3) is 0 Å². The van der Waals surface area contributed by atoms with E-state index in [1.165, 1.54) is 6.07 Å². The molecule has 0 aromatic heterocycles. The van der Waals surface area contributed by atoms with Crippen molar-refractivity contribution >= 4 is 5.91 Å². The molecule has 2 aromatic carbocycles. The SMILES string of the molecule is COCCN(CC1CN(Cc2ccc(F)c(F)c2)CC1c1ccccc1OC)C(C)=O. The van der Waals surface area contributed by atoms with E-state index in [-0.39, 0.29) is 17.7 Å². The third-order valence-electron chi connectivity index (χ3n) is 5.91. The average Bonchev–Trinajstić information content (AvgIpc) is 3.15. The molecule has 2 atom stereocenters. The van der Waals surface area contributed by atoms with Crippen LogP contribution in [0.4, 0.5) is 8.78 Å². The van der Waals surface area contributed by atoms with Gasteiger partial charge < -0.3 is 14.4 Å². The van der Waals surface area contributed by atoms with Gasteiger partial charge in [-0.15, -0.1) is 0 Å². The smallest absolute Gasteiger partial charge is 0.219 e. The van der Waals surface area contributed by atoms with Gasteiger partial charge in [-0.3, -0.25) is 9.69 Å². The predicted octanol–water partition coefficient (Wildman–Crippen LogP) is 3.68. The first kappa shape index (κ1) is 23.2. The summed E-state index contributed by atoms with van der Waals surface area (Å²) in [4.78, 5) is 16.2. The Morgan fingerprint density at radius 3 is 2.58 bits per heavy atom. The minimum atomic E-state index is -0.842. The lowest BCUT2D eigenvalue weighted by Crippen LogP contribution is -2.38. The molecule has 2 unspecified atom stereocenters. The summed E-state index contributed by atoms with van der Waals surface area (Å²) in [7, 11) is 3.28. The molecule has 0 aliphatic carbocycles. The minimum Gasteiger partial charge on any atom is -0.496 e. The molecule has 1 amide bonds. The van der Waals surface area contributed by atoms with Gasteiger partial charge in [0.05, 0.1) is 13.7 Å². The summed E-state index contributed by atoms with van der Waals surface area (Å²) in [6.07, 6.45) is 0. The van der Waals surface area contributed by atoms with Gasteiger partial charge in [0.25, 0.3) is 0 Å². The van der Waals surface area contributed by atoms with E-state index in [0.717, 1.165) is 36.0 Å². The lowest BCUT2D eigenvalue weighted by atomic mass is 9.88. The van der Waals surface area contributed by atoms with E-state index < -0.39 is 11.6 Å². The van der Waals surface area contributed by atoms with E-state index in [9.17, 15) is 13.6 Å². The molecule has 31 heavy (non-hydrogen) atoms. The second-order valence-electron chi connectivity index (χ2n) is 8.01. The highest BCUT2D eigenvalue weighted by atomic mass is 19.2. The van der Waals surface area contributed by atoms with Crippen LogP contribution >= 0.6 is 0 Å². The molecular formula is C24H30F2N2O3. The van der Waals surface area contributed by atoms with Crippen molar-refractivity contribution in [2.24, 2.45) is 5.92 Å².